The van der Waals surface area contributed by atoms with E-state index in [-0.39, 0.29) is 6.04 Å². The summed E-state index contributed by atoms with van der Waals surface area (Å²) < 4.78 is 1.04. The van der Waals surface area contributed by atoms with Crippen molar-refractivity contribution < 1.29 is 0 Å². The van der Waals surface area contributed by atoms with Crippen LogP contribution in [0.2, 0.25) is 10.0 Å². The molecule has 0 bridgehead atoms. The highest BCUT2D eigenvalue weighted by Gasteiger charge is 2.11. The van der Waals surface area contributed by atoms with Gasteiger partial charge in [0.05, 0.1) is 10.0 Å². The molecule has 1 atom stereocenters. The third-order valence-corrected chi connectivity index (χ3v) is 4.31. The van der Waals surface area contributed by atoms with Crippen molar-refractivity contribution in [2.45, 2.75) is 19.4 Å². The molecule has 2 N–H and O–H groups in total. The minimum absolute atomic E-state index is 0.0604. The number of benzene rings is 2. The normalized spacial score (nSPS) is 12.5. The van der Waals surface area contributed by atoms with Gasteiger partial charge in [-0.05, 0) is 54.3 Å². The predicted octanol–water partition coefficient (Wildman–Crippen LogP) is 5.31. The summed E-state index contributed by atoms with van der Waals surface area (Å²) in [7, 11) is 0. The van der Waals surface area contributed by atoms with Crippen LogP contribution < -0.4 is 5.73 Å². The van der Waals surface area contributed by atoms with Crippen LogP contribution in [-0.4, -0.2) is 0 Å². The van der Waals surface area contributed by atoms with Crippen LogP contribution >= 0.6 is 39.1 Å². The highest BCUT2D eigenvalue weighted by molar-refractivity contribution is 9.10. The van der Waals surface area contributed by atoms with E-state index in [2.05, 4.69) is 35.0 Å². The van der Waals surface area contributed by atoms with Gasteiger partial charge in [-0.2, -0.15) is 0 Å². The summed E-state index contributed by atoms with van der Waals surface area (Å²) >= 11 is 15.4. The molecule has 2 aromatic rings. The van der Waals surface area contributed by atoms with Gasteiger partial charge in [0.2, 0.25) is 0 Å². The molecular formula is C15H14BrCl2N. The quantitative estimate of drug-likeness (QED) is 0.790. The van der Waals surface area contributed by atoms with E-state index in [1.165, 1.54) is 5.56 Å². The van der Waals surface area contributed by atoms with Crippen LogP contribution in [0.25, 0.3) is 0 Å². The second-order valence-corrected chi connectivity index (χ2v) is 6.29. The molecule has 0 spiro atoms. The van der Waals surface area contributed by atoms with E-state index in [9.17, 15) is 0 Å². The Morgan fingerprint density at radius 2 is 1.84 bits per heavy atom. The van der Waals surface area contributed by atoms with Gasteiger partial charge < -0.3 is 5.73 Å². The standard InChI is InChI=1S/C15H14BrCl2N/c1-9-2-4-11(16)8-12(9)15(19)7-10-3-5-13(17)14(18)6-10/h2-6,8,15H,7,19H2,1H3. The van der Waals surface area contributed by atoms with Crippen LogP contribution in [0.4, 0.5) is 0 Å². The second kappa shape index (κ2) is 6.27. The number of rotatable bonds is 3. The molecule has 2 aromatic carbocycles. The molecule has 0 aliphatic heterocycles. The van der Waals surface area contributed by atoms with E-state index in [0.29, 0.717) is 10.0 Å². The maximum atomic E-state index is 6.29. The zero-order chi connectivity index (χ0) is 14.0. The summed E-state index contributed by atoms with van der Waals surface area (Å²) in [6, 6.07) is 11.7. The fourth-order valence-electron chi connectivity index (χ4n) is 2.04. The Labute approximate surface area is 131 Å². The first kappa shape index (κ1) is 14.9. The van der Waals surface area contributed by atoms with Gasteiger partial charge >= 0.3 is 0 Å². The highest BCUT2D eigenvalue weighted by Crippen LogP contribution is 2.27. The zero-order valence-corrected chi connectivity index (χ0v) is 13.6. The van der Waals surface area contributed by atoms with Crippen molar-refractivity contribution in [2.24, 2.45) is 5.73 Å². The van der Waals surface area contributed by atoms with Gasteiger partial charge in [-0.3, -0.25) is 0 Å². The molecule has 0 aliphatic rings. The molecule has 19 heavy (non-hydrogen) atoms. The lowest BCUT2D eigenvalue weighted by Crippen LogP contribution is -2.14. The SMILES string of the molecule is Cc1ccc(Br)cc1C(N)Cc1ccc(Cl)c(Cl)c1. The number of hydrogen-bond donors (Lipinski definition) is 1. The van der Waals surface area contributed by atoms with Gasteiger partial charge in [-0.15, -0.1) is 0 Å². The van der Waals surface area contributed by atoms with Gasteiger partial charge in [0, 0.05) is 10.5 Å². The number of nitrogens with two attached hydrogens (primary N) is 1. The number of hydrogen-bond acceptors (Lipinski definition) is 1. The molecular weight excluding hydrogens is 345 g/mol. The van der Waals surface area contributed by atoms with Crippen LogP contribution in [0.15, 0.2) is 40.9 Å². The molecule has 0 saturated heterocycles. The van der Waals surface area contributed by atoms with Crippen molar-refractivity contribution in [2.75, 3.05) is 0 Å². The third-order valence-electron chi connectivity index (χ3n) is 3.08. The van der Waals surface area contributed by atoms with Gasteiger partial charge in [0.15, 0.2) is 0 Å². The lowest BCUT2D eigenvalue weighted by atomic mass is 9.96. The number of halogens is 3. The van der Waals surface area contributed by atoms with E-state index >= 15 is 0 Å². The minimum Gasteiger partial charge on any atom is -0.324 e. The Hall–Kier alpha value is -0.540. The molecule has 4 heteroatoms. The van der Waals surface area contributed by atoms with Crippen molar-refractivity contribution in [1.29, 1.82) is 0 Å². The lowest BCUT2D eigenvalue weighted by Gasteiger charge is -2.15. The van der Waals surface area contributed by atoms with Crippen LogP contribution in [0, 0.1) is 6.92 Å². The van der Waals surface area contributed by atoms with E-state index < -0.39 is 0 Å². The van der Waals surface area contributed by atoms with Crippen LogP contribution in [0.1, 0.15) is 22.7 Å². The summed E-state index contributed by atoms with van der Waals surface area (Å²) in [6.45, 7) is 2.07. The summed E-state index contributed by atoms with van der Waals surface area (Å²) in [5, 5.41) is 1.13. The molecule has 0 saturated carbocycles. The Bertz CT molecular complexity index is 599. The van der Waals surface area contributed by atoms with E-state index in [4.69, 9.17) is 28.9 Å². The largest absolute Gasteiger partial charge is 0.324 e. The molecule has 1 unspecified atom stereocenters. The van der Waals surface area contributed by atoms with E-state index in [1.807, 2.05) is 18.2 Å². The summed E-state index contributed by atoms with van der Waals surface area (Å²) in [5.41, 5.74) is 9.70. The minimum atomic E-state index is -0.0604. The molecule has 1 nitrogen and oxygen atoms in total. The maximum Gasteiger partial charge on any atom is 0.0595 e. The van der Waals surface area contributed by atoms with Gasteiger partial charge in [-0.1, -0.05) is 51.3 Å². The molecule has 0 aliphatic carbocycles. The molecule has 0 radical (unpaired) electrons. The van der Waals surface area contributed by atoms with Crippen LogP contribution in [0.5, 0.6) is 0 Å². The maximum absolute atomic E-state index is 6.29. The topological polar surface area (TPSA) is 26.0 Å². The zero-order valence-electron chi connectivity index (χ0n) is 10.5. The average molecular weight is 359 g/mol. The van der Waals surface area contributed by atoms with Crippen molar-refractivity contribution in [3.05, 3.63) is 67.6 Å². The van der Waals surface area contributed by atoms with E-state index in [0.717, 1.165) is 22.0 Å². The number of aryl methyl sites for hydroxylation is 1. The predicted molar refractivity (Wildman–Crippen MR) is 86.0 cm³/mol. The first-order chi connectivity index (χ1) is 8.97. The fourth-order valence-corrected chi connectivity index (χ4v) is 2.74. The Balaban J connectivity index is 2.22. The summed E-state index contributed by atoms with van der Waals surface area (Å²) in [6.07, 6.45) is 0.730. The summed E-state index contributed by atoms with van der Waals surface area (Å²) in [5.74, 6) is 0. The average Bonchev–Trinajstić information content (AvgIpc) is 2.36. The summed E-state index contributed by atoms with van der Waals surface area (Å²) in [4.78, 5) is 0. The molecule has 0 heterocycles. The molecule has 0 fully saturated rings. The van der Waals surface area contributed by atoms with Crippen molar-refractivity contribution >= 4 is 39.1 Å². The Kier molecular flexibility index (Phi) is 4.91. The first-order valence-corrected chi connectivity index (χ1v) is 7.48. The second-order valence-electron chi connectivity index (χ2n) is 4.56. The van der Waals surface area contributed by atoms with Gasteiger partial charge in [0.25, 0.3) is 0 Å². The van der Waals surface area contributed by atoms with Crippen molar-refractivity contribution in [3.63, 3.8) is 0 Å². The van der Waals surface area contributed by atoms with Crippen LogP contribution in [-0.2, 0) is 6.42 Å². The van der Waals surface area contributed by atoms with E-state index in [1.54, 1.807) is 6.07 Å². The first-order valence-electron chi connectivity index (χ1n) is 5.93. The van der Waals surface area contributed by atoms with Gasteiger partial charge in [0.1, 0.15) is 0 Å². The molecule has 100 valence electrons. The van der Waals surface area contributed by atoms with Crippen molar-refractivity contribution in [1.82, 2.24) is 0 Å². The molecule has 0 aromatic heterocycles. The van der Waals surface area contributed by atoms with Gasteiger partial charge in [-0.25, -0.2) is 0 Å². The highest BCUT2D eigenvalue weighted by atomic mass is 79.9. The Morgan fingerprint density at radius 1 is 1.11 bits per heavy atom. The lowest BCUT2D eigenvalue weighted by molar-refractivity contribution is 0.716. The Morgan fingerprint density at radius 3 is 2.53 bits per heavy atom. The molecule has 2 rings (SSSR count). The smallest absolute Gasteiger partial charge is 0.0595 e. The van der Waals surface area contributed by atoms with Crippen LogP contribution in [0.3, 0.4) is 0 Å². The molecule has 0 amide bonds. The van der Waals surface area contributed by atoms with Crippen molar-refractivity contribution in [3.8, 4) is 0 Å². The third kappa shape index (κ3) is 3.73. The fraction of sp³-hybridized carbons (Fsp3) is 0.200. The monoisotopic (exact) mass is 357 g/mol.